The van der Waals surface area contributed by atoms with Crippen LogP contribution in [0.25, 0.3) is 17.0 Å². The summed E-state index contributed by atoms with van der Waals surface area (Å²) in [5.74, 6) is -1.16. The molecule has 5 rings (SSSR count). The van der Waals surface area contributed by atoms with Crippen molar-refractivity contribution in [2.24, 2.45) is 0 Å². The molecule has 140 valence electrons. The Morgan fingerprint density at radius 2 is 1.86 bits per heavy atom. The van der Waals surface area contributed by atoms with Crippen LogP contribution in [0.2, 0.25) is 0 Å². The second-order valence-electron chi connectivity index (χ2n) is 7.13. The van der Waals surface area contributed by atoms with Gasteiger partial charge in [0.25, 0.3) is 0 Å². The third-order valence-electron chi connectivity index (χ3n) is 5.24. The molecule has 2 heterocycles. The topological polar surface area (TPSA) is 63.6 Å². The average molecular weight is 378 g/mol. The van der Waals surface area contributed by atoms with Gasteiger partial charge >= 0.3 is 0 Å². The molecule has 0 spiro atoms. The van der Waals surface area contributed by atoms with Gasteiger partial charge in [-0.15, -0.1) is 0 Å². The zero-order chi connectivity index (χ0) is 19.4. The number of ketones is 1. The normalized spacial score (nSPS) is 16.5. The Morgan fingerprint density at radius 1 is 1.11 bits per heavy atom. The van der Waals surface area contributed by atoms with Crippen LogP contribution in [-0.4, -0.2) is 25.5 Å². The molecule has 1 aliphatic carbocycles. The highest BCUT2D eigenvalue weighted by Gasteiger charge is 2.33. The zero-order valence-electron chi connectivity index (χ0n) is 15.0. The lowest BCUT2D eigenvalue weighted by atomic mass is 9.81. The summed E-state index contributed by atoms with van der Waals surface area (Å²) in [6.07, 6.45) is 0.643. The lowest BCUT2D eigenvalue weighted by Gasteiger charge is -2.22. The van der Waals surface area contributed by atoms with E-state index in [0.29, 0.717) is 34.9 Å². The van der Waals surface area contributed by atoms with E-state index in [2.05, 4.69) is 15.1 Å². The van der Waals surface area contributed by atoms with Crippen LogP contribution < -0.4 is 0 Å². The number of hydrogen-bond acceptors (Lipinski definition) is 3. The highest BCUT2D eigenvalue weighted by Crippen LogP contribution is 2.35. The summed E-state index contributed by atoms with van der Waals surface area (Å²) < 4.78 is 29.0. The fraction of sp³-hybridized carbons (Fsp3) is 0.190. The molecule has 0 amide bonds. The Labute approximate surface area is 159 Å². The lowest BCUT2D eigenvalue weighted by molar-refractivity contribution is 0.0963. The average Bonchev–Trinajstić information content (AvgIpc) is 3.22. The summed E-state index contributed by atoms with van der Waals surface area (Å²) in [7, 11) is 0. The monoisotopic (exact) mass is 378 g/mol. The number of aryl methyl sites for hydroxylation is 1. The molecule has 2 aromatic carbocycles. The number of para-hydroxylation sites is 2. The van der Waals surface area contributed by atoms with Crippen molar-refractivity contribution in [1.29, 1.82) is 0 Å². The van der Waals surface area contributed by atoms with Crippen LogP contribution in [0.4, 0.5) is 8.78 Å². The molecular formula is C21H16F2N4O. The molecule has 1 atom stereocenters. The number of hydrogen-bond donors (Lipinski definition) is 1. The van der Waals surface area contributed by atoms with Gasteiger partial charge in [-0.05, 0) is 49.1 Å². The van der Waals surface area contributed by atoms with Crippen LogP contribution in [0.3, 0.4) is 0 Å². The minimum atomic E-state index is -0.643. The minimum Gasteiger partial charge on any atom is -0.322 e. The number of carbonyl (C=O) groups is 1. The highest BCUT2D eigenvalue weighted by molar-refractivity contribution is 6.00. The first-order valence-corrected chi connectivity index (χ1v) is 9.02. The molecule has 1 unspecified atom stereocenters. The number of fused-ring (bicyclic) bond motifs is 2. The van der Waals surface area contributed by atoms with Crippen molar-refractivity contribution in [1.82, 2.24) is 19.7 Å². The number of rotatable bonds is 2. The van der Waals surface area contributed by atoms with Gasteiger partial charge in [0, 0.05) is 12.5 Å². The molecule has 0 fully saturated rings. The van der Waals surface area contributed by atoms with Crippen molar-refractivity contribution < 1.29 is 13.6 Å². The predicted octanol–water partition coefficient (Wildman–Crippen LogP) is 4.25. The van der Waals surface area contributed by atoms with Crippen molar-refractivity contribution in [2.45, 2.75) is 25.7 Å². The maximum atomic E-state index is 13.7. The Balaban J connectivity index is 1.62. The second kappa shape index (κ2) is 6.09. The van der Waals surface area contributed by atoms with Gasteiger partial charge in [-0.1, -0.05) is 12.1 Å². The standard InChI is InChI=1S/C21H16F2N4O/c1-11-20-18(27(26-11)21-24-16-4-2-3-5-17(16)25-21)8-13(9-19(20)28)12-6-14(22)10-15(23)7-12/h2-7,10,13H,8-9H2,1H3,(H,24,25). The van der Waals surface area contributed by atoms with Crippen LogP contribution in [0.5, 0.6) is 0 Å². The third-order valence-corrected chi connectivity index (χ3v) is 5.24. The molecule has 1 N–H and O–H groups in total. The highest BCUT2D eigenvalue weighted by atomic mass is 19.1. The summed E-state index contributed by atoms with van der Waals surface area (Å²) in [5, 5.41) is 4.53. The van der Waals surface area contributed by atoms with E-state index in [1.165, 1.54) is 12.1 Å². The van der Waals surface area contributed by atoms with Crippen molar-refractivity contribution >= 4 is 16.8 Å². The first-order chi connectivity index (χ1) is 13.5. The Kier molecular flexibility index (Phi) is 3.65. The van der Waals surface area contributed by atoms with E-state index >= 15 is 0 Å². The zero-order valence-corrected chi connectivity index (χ0v) is 15.0. The minimum absolute atomic E-state index is 0.0734. The molecule has 5 nitrogen and oxygen atoms in total. The molecule has 0 saturated carbocycles. The third kappa shape index (κ3) is 2.62. The number of aromatic nitrogens is 4. The lowest BCUT2D eigenvalue weighted by Crippen LogP contribution is -2.21. The van der Waals surface area contributed by atoms with Gasteiger partial charge in [-0.3, -0.25) is 4.79 Å². The molecule has 0 saturated heterocycles. The quantitative estimate of drug-likeness (QED) is 0.567. The first-order valence-electron chi connectivity index (χ1n) is 9.02. The summed E-state index contributed by atoms with van der Waals surface area (Å²) in [6, 6.07) is 11.0. The summed E-state index contributed by atoms with van der Waals surface area (Å²) in [6.45, 7) is 1.79. The molecule has 0 radical (unpaired) electrons. The van der Waals surface area contributed by atoms with Crippen molar-refractivity contribution in [3.8, 4) is 5.95 Å². The Morgan fingerprint density at radius 3 is 2.61 bits per heavy atom. The van der Waals surface area contributed by atoms with E-state index in [0.717, 1.165) is 17.1 Å². The van der Waals surface area contributed by atoms with Gasteiger partial charge in [0.15, 0.2) is 5.78 Å². The van der Waals surface area contributed by atoms with Crippen LogP contribution >= 0.6 is 0 Å². The van der Waals surface area contributed by atoms with Crippen LogP contribution in [0.1, 0.15) is 39.6 Å². The SMILES string of the molecule is Cc1nn(-c2nc3ccccc3[nH]2)c2c1C(=O)CC(c1cc(F)cc(F)c1)C2. The first kappa shape index (κ1) is 16.8. The Bertz CT molecular complexity index is 1190. The van der Waals surface area contributed by atoms with Crippen molar-refractivity contribution in [3.05, 3.63) is 76.6 Å². The predicted molar refractivity (Wildman–Crippen MR) is 99.7 cm³/mol. The van der Waals surface area contributed by atoms with Crippen molar-refractivity contribution in [2.75, 3.05) is 0 Å². The number of nitrogens with zero attached hydrogens (tertiary/aromatic N) is 3. The molecule has 28 heavy (non-hydrogen) atoms. The van der Waals surface area contributed by atoms with Gasteiger partial charge in [0.1, 0.15) is 11.6 Å². The molecule has 4 aromatic rings. The van der Waals surface area contributed by atoms with Crippen LogP contribution in [0.15, 0.2) is 42.5 Å². The van der Waals surface area contributed by atoms with Gasteiger partial charge in [-0.2, -0.15) is 5.10 Å². The van der Waals surface area contributed by atoms with Gasteiger partial charge < -0.3 is 4.98 Å². The number of aromatic amines is 1. The van der Waals surface area contributed by atoms with E-state index < -0.39 is 11.6 Å². The maximum Gasteiger partial charge on any atom is 0.229 e. The van der Waals surface area contributed by atoms with Gasteiger partial charge in [0.05, 0.1) is 28.0 Å². The van der Waals surface area contributed by atoms with Crippen LogP contribution in [0, 0.1) is 18.6 Å². The number of halogens is 2. The van der Waals surface area contributed by atoms with Crippen LogP contribution in [-0.2, 0) is 6.42 Å². The maximum absolute atomic E-state index is 13.7. The fourth-order valence-corrected chi connectivity index (χ4v) is 4.02. The van der Waals surface area contributed by atoms with E-state index in [9.17, 15) is 13.6 Å². The number of Topliss-reactive ketones (excluding diaryl/α,β-unsaturated/α-hetero) is 1. The van der Waals surface area contributed by atoms with Gasteiger partial charge in [-0.25, -0.2) is 18.4 Å². The summed E-state index contributed by atoms with van der Waals surface area (Å²) >= 11 is 0. The van der Waals surface area contributed by atoms with Gasteiger partial charge in [0.2, 0.25) is 5.95 Å². The van der Waals surface area contributed by atoms with Crippen molar-refractivity contribution in [3.63, 3.8) is 0 Å². The summed E-state index contributed by atoms with van der Waals surface area (Å²) in [5.41, 5.74) is 4.06. The van der Waals surface area contributed by atoms with E-state index in [-0.39, 0.29) is 18.1 Å². The van der Waals surface area contributed by atoms with E-state index in [1.54, 1.807) is 11.6 Å². The summed E-state index contributed by atoms with van der Waals surface area (Å²) in [4.78, 5) is 20.6. The number of carbonyl (C=O) groups excluding carboxylic acids is 1. The Hall–Kier alpha value is -3.35. The van der Waals surface area contributed by atoms with E-state index in [1.807, 2.05) is 24.3 Å². The molecule has 2 aromatic heterocycles. The van der Waals surface area contributed by atoms with E-state index in [4.69, 9.17) is 0 Å². The largest absolute Gasteiger partial charge is 0.322 e. The second-order valence-corrected chi connectivity index (χ2v) is 7.13. The molecule has 1 aliphatic rings. The number of imidazole rings is 1. The molecular weight excluding hydrogens is 362 g/mol. The number of H-pyrrole nitrogens is 1. The number of nitrogens with one attached hydrogen (secondary N) is 1. The smallest absolute Gasteiger partial charge is 0.229 e. The molecule has 7 heteroatoms. The fourth-order valence-electron chi connectivity index (χ4n) is 4.02. The molecule has 0 bridgehead atoms. The number of benzene rings is 2. The molecule has 0 aliphatic heterocycles.